The average molecular weight is 239 g/mol. The minimum absolute atomic E-state index is 0.0613. The first-order valence-electron chi connectivity index (χ1n) is 6.33. The molecule has 2 amide bonds. The van der Waals surface area contributed by atoms with Gasteiger partial charge in [-0.3, -0.25) is 10.7 Å². The number of hydrogen-bond donors (Lipinski definition) is 2. The molecule has 5 heteroatoms. The SMILES string of the molecule is CC(C)CN1C(=O)NC(=N)C1C1CCOCC1. The van der Waals surface area contributed by atoms with Crippen LogP contribution in [0.4, 0.5) is 4.79 Å². The Bertz CT molecular complexity index is 311. The summed E-state index contributed by atoms with van der Waals surface area (Å²) in [6, 6.07) is -0.172. The Morgan fingerprint density at radius 2 is 2.12 bits per heavy atom. The summed E-state index contributed by atoms with van der Waals surface area (Å²) < 4.78 is 5.34. The fourth-order valence-electron chi connectivity index (χ4n) is 2.65. The standard InChI is InChI=1S/C12H21N3O2/c1-8(2)7-15-10(11(13)14-12(15)16)9-3-5-17-6-4-9/h8-10H,3-7H2,1-2H3,(H2,13,14,16). The number of nitrogens with zero attached hydrogens (tertiary/aromatic N) is 1. The monoisotopic (exact) mass is 239 g/mol. The summed E-state index contributed by atoms with van der Waals surface area (Å²) in [5.74, 6) is 1.16. The third-order valence-corrected chi connectivity index (χ3v) is 3.41. The molecule has 96 valence electrons. The minimum Gasteiger partial charge on any atom is -0.381 e. The molecular formula is C12H21N3O2. The van der Waals surface area contributed by atoms with E-state index < -0.39 is 0 Å². The van der Waals surface area contributed by atoms with Gasteiger partial charge in [0.15, 0.2) is 0 Å². The number of nitrogens with one attached hydrogen (secondary N) is 2. The Morgan fingerprint density at radius 3 is 2.71 bits per heavy atom. The molecule has 2 rings (SSSR count). The molecule has 0 bridgehead atoms. The van der Waals surface area contributed by atoms with Crippen molar-refractivity contribution in [2.75, 3.05) is 19.8 Å². The molecule has 0 aromatic heterocycles. The van der Waals surface area contributed by atoms with Crippen LogP contribution in [0.15, 0.2) is 0 Å². The Labute approximate surface area is 102 Å². The van der Waals surface area contributed by atoms with E-state index in [0.717, 1.165) is 32.6 Å². The van der Waals surface area contributed by atoms with Crippen LogP contribution in [-0.4, -0.2) is 42.6 Å². The third-order valence-electron chi connectivity index (χ3n) is 3.41. The van der Waals surface area contributed by atoms with E-state index in [1.54, 1.807) is 0 Å². The number of urea groups is 1. The van der Waals surface area contributed by atoms with Crippen molar-refractivity contribution in [1.82, 2.24) is 10.2 Å². The van der Waals surface area contributed by atoms with Crippen LogP contribution in [-0.2, 0) is 4.74 Å². The number of rotatable bonds is 3. The summed E-state index contributed by atoms with van der Waals surface area (Å²) in [6.07, 6.45) is 1.88. The van der Waals surface area contributed by atoms with Crippen molar-refractivity contribution in [2.24, 2.45) is 11.8 Å². The van der Waals surface area contributed by atoms with Gasteiger partial charge in [0.05, 0.1) is 6.04 Å². The molecule has 2 N–H and O–H groups in total. The van der Waals surface area contributed by atoms with E-state index in [1.165, 1.54) is 0 Å². The highest BCUT2D eigenvalue weighted by Gasteiger charge is 2.41. The van der Waals surface area contributed by atoms with Gasteiger partial charge >= 0.3 is 6.03 Å². The van der Waals surface area contributed by atoms with Crippen LogP contribution >= 0.6 is 0 Å². The zero-order chi connectivity index (χ0) is 12.4. The predicted molar refractivity (Wildman–Crippen MR) is 65.1 cm³/mol. The molecule has 0 saturated carbocycles. The third kappa shape index (κ3) is 2.60. The molecule has 5 nitrogen and oxygen atoms in total. The molecular weight excluding hydrogens is 218 g/mol. The molecule has 1 atom stereocenters. The lowest BCUT2D eigenvalue weighted by atomic mass is 9.90. The van der Waals surface area contributed by atoms with Gasteiger partial charge < -0.3 is 9.64 Å². The number of amides is 2. The van der Waals surface area contributed by atoms with Gasteiger partial charge in [0.1, 0.15) is 5.84 Å². The number of carbonyl (C=O) groups excluding carboxylic acids is 1. The van der Waals surface area contributed by atoms with Gasteiger partial charge in [-0.05, 0) is 24.7 Å². The molecule has 0 spiro atoms. The van der Waals surface area contributed by atoms with Crippen molar-refractivity contribution >= 4 is 11.9 Å². The van der Waals surface area contributed by atoms with Gasteiger partial charge in [0.2, 0.25) is 0 Å². The maximum atomic E-state index is 11.8. The zero-order valence-corrected chi connectivity index (χ0v) is 10.5. The first-order chi connectivity index (χ1) is 8.09. The molecule has 0 aliphatic carbocycles. The van der Waals surface area contributed by atoms with E-state index in [1.807, 2.05) is 4.90 Å². The number of carbonyl (C=O) groups is 1. The maximum Gasteiger partial charge on any atom is 0.323 e. The highest BCUT2D eigenvalue weighted by molar-refractivity contribution is 6.05. The van der Waals surface area contributed by atoms with Crippen molar-refractivity contribution in [3.63, 3.8) is 0 Å². The van der Waals surface area contributed by atoms with E-state index in [2.05, 4.69) is 19.2 Å². The van der Waals surface area contributed by atoms with Crippen LogP contribution in [0, 0.1) is 17.2 Å². The lowest BCUT2D eigenvalue weighted by molar-refractivity contribution is 0.0488. The second kappa shape index (κ2) is 5.04. The summed E-state index contributed by atoms with van der Waals surface area (Å²) in [4.78, 5) is 13.6. The number of amidine groups is 1. The van der Waals surface area contributed by atoms with Crippen molar-refractivity contribution in [3.05, 3.63) is 0 Å². The average Bonchev–Trinajstić information content (AvgIpc) is 2.54. The van der Waals surface area contributed by atoms with Crippen molar-refractivity contribution in [3.8, 4) is 0 Å². The highest BCUT2D eigenvalue weighted by Crippen LogP contribution is 2.26. The smallest absolute Gasteiger partial charge is 0.323 e. The summed E-state index contributed by atoms with van der Waals surface area (Å²) in [7, 11) is 0. The number of ether oxygens (including phenoxy) is 1. The molecule has 0 aromatic carbocycles. The van der Waals surface area contributed by atoms with Gasteiger partial charge in [0.25, 0.3) is 0 Å². The Balaban J connectivity index is 2.10. The molecule has 2 heterocycles. The normalized spacial score (nSPS) is 26.8. The van der Waals surface area contributed by atoms with Gasteiger partial charge in [-0.1, -0.05) is 13.8 Å². The lowest BCUT2D eigenvalue weighted by Gasteiger charge is -2.33. The van der Waals surface area contributed by atoms with E-state index in [4.69, 9.17) is 10.1 Å². The topological polar surface area (TPSA) is 65.4 Å². The van der Waals surface area contributed by atoms with Crippen LogP contribution in [0.3, 0.4) is 0 Å². The van der Waals surface area contributed by atoms with Crippen molar-refractivity contribution < 1.29 is 9.53 Å². The summed E-state index contributed by atoms with van der Waals surface area (Å²) >= 11 is 0. The van der Waals surface area contributed by atoms with E-state index in [-0.39, 0.29) is 12.1 Å². The minimum atomic E-state index is -0.111. The van der Waals surface area contributed by atoms with Gasteiger partial charge in [0, 0.05) is 19.8 Å². The van der Waals surface area contributed by atoms with Gasteiger partial charge in [-0.15, -0.1) is 0 Å². The Morgan fingerprint density at radius 1 is 1.47 bits per heavy atom. The van der Waals surface area contributed by atoms with E-state index in [9.17, 15) is 4.79 Å². The van der Waals surface area contributed by atoms with Gasteiger partial charge in [-0.2, -0.15) is 0 Å². The van der Waals surface area contributed by atoms with Crippen LogP contribution in [0.1, 0.15) is 26.7 Å². The lowest BCUT2D eigenvalue weighted by Crippen LogP contribution is -2.44. The fourth-order valence-corrected chi connectivity index (χ4v) is 2.65. The van der Waals surface area contributed by atoms with Crippen LogP contribution < -0.4 is 5.32 Å². The first kappa shape index (κ1) is 12.4. The summed E-state index contributed by atoms with van der Waals surface area (Å²) in [5, 5.41) is 10.6. The second-order valence-electron chi connectivity index (χ2n) is 5.28. The predicted octanol–water partition coefficient (Wildman–Crippen LogP) is 1.44. The quantitative estimate of drug-likeness (QED) is 0.782. The largest absolute Gasteiger partial charge is 0.381 e. The zero-order valence-electron chi connectivity index (χ0n) is 10.5. The van der Waals surface area contributed by atoms with Crippen molar-refractivity contribution in [2.45, 2.75) is 32.7 Å². The Kier molecular flexibility index (Phi) is 3.66. The first-order valence-corrected chi connectivity index (χ1v) is 6.33. The molecule has 2 aliphatic rings. The Hall–Kier alpha value is -1.10. The van der Waals surface area contributed by atoms with Crippen molar-refractivity contribution in [1.29, 1.82) is 5.41 Å². The number of hydrogen-bond acceptors (Lipinski definition) is 3. The summed E-state index contributed by atoms with van der Waals surface area (Å²) in [5.41, 5.74) is 0. The fraction of sp³-hybridized carbons (Fsp3) is 0.833. The molecule has 2 aliphatic heterocycles. The maximum absolute atomic E-state index is 11.8. The molecule has 1 unspecified atom stereocenters. The van der Waals surface area contributed by atoms with Gasteiger partial charge in [-0.25, -0.2) is 4.79 Å². The molecule has 17 heavy (non-hydrogen) atoms. The highest BCUT2D eigenvalue weighted by atomic mass is 16.5. The molecule has 0 radical (unpaired) electrons. The molecule has 0 aromatic rings. The second-order valence-corrected chi connectivity index (χ2v) is 5.28. The van der Waals surface area contributed by atoms with E-state index in [0.29, 0.717) is 17.7 Å². The van der Waals surface area contributed by atoms with Crippen LogP contribution in [0.5, 0.6) is 0 Å². The summed E-state index contributed by atoms with van der Waals surface area (Å²) in [6.45, 7) is 6.40. The molecule has 2 fully saturated rings. The van der Waals surface area contributed by atoms with E-state index >= 15 is 0 Å². The van der Waals surface area contributed by atoms with Crippen LogP contribution in [0.2, 0.25) is 0 Å². The van der Waals surface area contributed by atoms with Crippen LogP contribution in [0.25, 0.3) is 0 Å². The molecule has 2 saturated heterocycles.